The van der Waals surface area contributed by atoms with Crippen molar-refractivity contribution >= 4 is 12.2 Å². The Labute approximate surface area is 84.7 Å². The van der Waals surface area contributed by atoms with Crippen LogP contribution in [0.25, 0.3) is 0 Å². The predicted molar refractivity (Wildman–Crippen MR) is 41.6 cm³/mol. The summed E-state index contributed by atoms with van der Waals surface area (Å²) >= 11 is 4.22. The molecule has 0 aliphatic heterocycles. The average Bonchev–Trinajstić information content (AvgIpc) is 1.99. The fourth-order valence-electron chi connectivity index (χ4n) is 0.857. The second-order valence-corrected chi connectivity index (χ2v) is 3.06. The third-order valence-corrected chi connectivity index (χ3v) is 1.86. The van der Waals surface area contributed by atoms with Crippen LogP contribution in [0.1, 0.15) is 11.3 Å². The van der Waals surface area contributed by atoms with E-state index in [0.29, 0.717) is 0 Å². The molecule has 0 saturated carbocycles. The highest BCUT2D eigenvalue weighted by Gasteiger charge is 2.36. The summed E-state index contributed by atoms with van der Waals surface area (Å²) in [5.41, 5.74) is -2.59. The number of aromatic amines is 1. The number of pyridine rings is 1. The molecule has 0 amide bonds. The molecule has 15 heavy (non-hydrogen) atoms. The first-order valence-corrected chi connectivity index (χ1v) is 3.90. The highest BCUT2D eigenvalue weighted by Crippen LogP contribution is 2.33. The molecule has 1 aromatic heterocycles. The van der Waals surface area contributed by atoms with Crippen LogP contribution in [-0.2, 0) is 12.4 Å². The molecular weight excluding hydrogens is 244 g/mol. The maximum atomic E-state index is 12.1. The van der Waals surface area contributed by atoms with Crippen LogP contribution >= 0.6 is 12.2 Å². The van der Waals surface area contributed by atoms with Crippen molar-refractivity contribution in [3.05, 3.63) is 28.0 Å². The number of H-pyrrole nitrogens is 1. The van der Waals surface area contributed by atoms with Crippen LogP contribution in [0.3, 0.4) is 0 Å². The van der Waals surface area contributed by atoms with E-state index in [4.69, 9.17) is 0 Å². The molecule has 8 heteroatoms. The molecule has 0 spiro atoms. The van der Waals surface area contributed by atoms with Gasteiger partial charge >= 0.3 is 12.4 Å². The number of alkyl halides is 6. The van der Waals surface area contributed by atoms with Gasteiger partial charge in [0, 0.05) is 6.20 Å². The van der Waals surface area contributed by atoms with Gasteiger partial charge in [0.25, 0.3) is 0 Å². The van der Waals surface area contributed by atoms with E-state index in [1.807, 2.05) is 0 Å². The standard InChI is InChI=1S/C7H3F6NS/c8-6(9,10)3-2-14-5(1-4(3)15)7(11,12)13/h1-2H,(H,14,15). The van der Waals surface area contributed by atoms with Crippen molar-refractivity contribution in [1.29, 1.82) is 0 Å². The lowest BCUT2D eigenvalue weighted by Gasteiger charge is -2.10. The number of hydrogen-bond acceptors (Lipinski definition) is 1. The lowest BCUT2D eigenvalue weighted by molar-refractivity contribution is -0.144. The zero-order valence-electron chi connectivity index (χ0n) is 6.83. The maximum Gasteiger partial charge on any atom is 0.431 e. The molecule has 0 aliphatic rings. The summed E-state index contributed by atoms with van der Waals surface area (Å²) in [6.07, 6.45) is -9.28. The van der Waals surface area contributed by atoms with Gasteiger partial charge in [-0.05, 0) is 6.07 Å². The minimum atomic E-state index is -4.75. The third-order valence-electron chi connectivity index (χ3n) is 1.52. The molecule has 0 radical (unpaired) electrons. The maximum absolute atomic E-state index is 12.1. The first-order valence-electron chi connectivity index (χ1n) is 3.49. The van der Waals surface area contributed by atoms with Gasteiger partial charge in [-0.3, -0.25) is 0 Å². The summed E-state index contributed by atoms with van der Waals surface area (Å²) in [7, 11) is 0. The molecule has 0 unspecified atom stereocenters. The van der Waals surface area contributed by atoms with Crippen LogP contribution < -0.4 is 0 Å². The molecule has 0 atom stereocenters. The van der Waals surface area contributed by atoms with Crippen molar-refractivity contribution in [3.8, 4) is 0 Å². The van der Waals surface area contributed by atoms with Gasteiger partial charge in [0.1, 0.15) is 5.69 Å². The van der Waals surface area contributed by atoms with Gasteiger partial charge in [-0.25, -0.2) is 0 Å². The summed E-state index contributed by atoms with van der Waals surface area (Å²) in [4.78, 5) is 1.51. The van der Waals surface area contributed by atoms with Gasteiger partial charge < -0.3 is 4.98 Å². The van der Waals surface area contributed by atoms with Crippen LogP contribution in [0.5, 0.6) is 0 Å². The monoisotopic (exact) mass is 247 g/mol. The fourth-order valence-corrected chi connectivity index (χ4v) is 1.15. The Hall–Kier alpha value is -1.05. The summed E-state index contributed by atoms with van der Waals surface area (Å²) in [6, 6.07) is 0.248. The summed E-state index contributed by atoms with van der Waals surface area (Å²) in [5, 5.41) is 0. The second-order valence-electron chi connectivity index (χ2n) is 2.62. The lowest BCUT2D eigenvalue weighted by Crippen LogP contribution is -2.12. The third kappa shape index (κ3) is 2.71. The molecular formula is C7H3F6NS. The normalized spacial score (nSPS) is 12.9. The van der Waals surface area contributed by atoms with Crippen molar-refractivity contribution < 1.29 is 26.3 Å². The van der Waals surface area contributed by atoms with E-state index in [0.717, 1.165) is 0 Å². The second kappa shape index (κ2) is 3.51. The minimum Gasteiger partial charge on any atom is -0.357 e. The number of halogens is 6. The summed E-state index contributed by atoms with van der Waals surface area (Å²) in [5.74, 6) is 0. The molecule has 0 aromatic carbocycles. The van der Waals surface area contributed by atoms with Crippen molar-refractivity contribution in [2.24, 2.45) is 0 Å². The van der Waals surface area contributed by atoms with E-state index in [1.165, 1.54) is 4.98 Å². The van der Waals surface area contributed by atoms with E-state index in [9.17, 15) is 26.3 Å². The van der Waals surface area contributed by atoms with Gasteiger partial charge in [-0.1, -0.05) is 12.2 Å². The molecule has 0 saturated heterocycles. The quantitative estimate of drug-likeness (QED) is 0.545. The summed E-state index contributed by atoms with van der Waals surface area (Å²) in [6.45, 7) is 0. The van der Waals surface area contributed by atoms with Gasteiger partial charge in [0.15, 0.2) is 0 Å². The van der Waals surface area contributed by atoms with Crippen LogP contribution in [0, 0.1) is 4.51 Å². The Morgan fingerprint density at radius 1 is 1.00 bits per heavy atom. The average molecular weight is 247 g/mol. The molecule has 1 rings (SSSR count). The number of nitrogens with one attached hydrogen (secondary N) is 1. The number of aromatic nitrogens is 1. The van der Waals surface area contributed by atoms with E-state index >= 15 is 0 Å². The van der Waals surface area contributed by atoms with Gasteiger partial charge in [-0.2, -0.15) is 26.3 Å². The Balaban J connectivity index is 3.28. The van der Waals surface area contributed by atoms with Gasteiger partial charge in [0.2, 0.25) is 0 Å². The molecule has 0 fully saturated rings. The topological polar surface area (TPSA) is 15.8 Å². The zero-order valence-corrected chi connectivity index (χ0v) is 7.65. The van der Waals surface area contributed by atoms with E-state index < -0.39 is 28.1 Å². The number of rotatable bonds is 0. The molecule has 84 valence electrons. The molecule has 1 heterocycles. The van der Waals surface area contributed by atoms with Crippen LogP contribution in [-0.4, -0.2) is 4.98 Å². The van der Waals surface area contributed by atoms with Crippen LogP contribution in [0.4, 0.5) is 26.3 Å². The van der Waals surface area contributed by atoms with Crippen molar-refractivity contribution in [2.75, 3.05) is 0 Å². The Morgan fingerprint density at radius 2 is 1.53 bits per heavy atom. The van der Waals surface area contributed by atoms with Crippen LogP contribution in [0.2, 0.25) is 0 Å². The van der Waals surface area contributed by atoms with Gasteiger partial charge in [-0.15, -0.1) is 0 Å². The highest BCUT2D eigenvalue weighted by atomic mass is 32.1. The smallest absolute Gasteiger partial charge is 0.357 e. The van der Waals surface area contributed by atoms with Gasteiger partial charge in [0.05, 0.1) is 10.1 Å². The first kappa shape index (κ1) is 12.0. The number of hydrogen-bond donors (Lipinski definition) is 1. The van der Waals surface area contributed by atoms with Crippen molar-refractivity contribution in [3.63, 3.8) is 0 Å². The molecule has 1 nitrogen and oxygen atoms in total. The Kier molecular flexibility index (Phi) is 2.81. The van der Waals surface area contributed by atoms with Crippen molar-refractivity contribution in [1.82, 2.24) is 4.98 Å². The lowest BCUT2D eigenvalue weighted by atomic mass is 10.2. The SMILES string of the molecule is FC(F)(F)c1cc(=S)c(C(F)(F)F)c[nH]1. The van der Waals surface area contributed by atoms with E-state index in [1.54, 1.807) is 0 Å². The molecule has 0 aliphatic carbocycles. The van der Waals surface area contributed by atoms with Crippen LogP contribution in [0.15, 0.2) is 12.3 Å². The first-order chi connectivity index (χ1) is 6.62. The van der Waals surface area contributed by atoms with E-state index in [2.05, 4.69) is 12.2 Å². The highest BCUT2D eigenvalue weighted by molar-refractivity contribution is 7.71. The van der Waals surface area contributed by atoms with E-state index in [-0.39, 0.29) is 12.3 Å². The largest absolute Gasteiger partial charge is 0.431 e. The molecule has 1 aromatic rings. The predicted octanol–water partition coefficient (Wildman–Crippen LogP) is 3.78. The fraction of sp³-hybridized carbons (Fsp3) is 0.286. The molecule has 0 bridgehead atoms. The minimum absolute atomic E-state index is 0.213. The Bertz CT molecular complexity index is 415. The molecule has 1 N–H and O–H groups in total. The zero-order chi connectivity index (χ0) is 11.9. The Morgan fingerprint density at radius 3 is 1.87 bits per heavy atom. The summed E-state index contributed by atoms with van der Waals surface area (Å²) < 4.78 is 71.6. The van der Waals surface area contributed by atoms with Crippen molar-refractivity contribution in [2.45, 2.75) is 12.4 Å².